The van der Waals surface area contributed by atoms with Gasteiger partial charge >= 0.3 is 0 Å². The zero-order valence-electron chi connectivity index (χ0n) is 13.4. The van der Waals surface area contributed by atoms with Crippen molar-refractivity contribution in [3.63, 3.8) is 0 Å². The molecule has 1 fully saturated rings. The van der Waals surface area contributed by atoms with Gasteiger partial charge < -0.3 is 15.1 Å². The van der Waals surface area contributed by atoms with Crippen LogP contribution in [0.2, 0.25) is 0 Å². The van der Waals surface area contributed by atoms with Gasteiger partial charge in [0.25, 0.3) is 0 Å². The maximum absolute atomic E-state index is 4.82. The van der Waals surface area contributed by atoms with Gasteiger partial charge in [-0.1, -0.05) is 13.8 Å². The monoisotopic (exact) mass is 277 g/mol. The molecule has 5 heteroatoms. The predicted molar refractivity (Wildman–Crippen MR) is 84.7 cm³/mol. The highest BCUT2D eigenvalue weighted by atomic mass is 15.3. The smallest absolute Gasteiger partial charge is 0.137 e. The van der Waals surface area contributed by atoms with Crippen molar-refractivity contribution in [3.8, 4) is 0 Å². The molecular weight excluding hydrogens is 250 g/mol. The predicted octanol–water partition coefficient (Wildman–Crippen LogP) is 2.09. The average Bonchev–Trinajstić information content (AvgIpc) is 2.42. The molecule has 20 heavy (non-hydrogen) atoms. The van der Waals surface area contributed by atoms with Crippen molar-refractivity contribution in [1.82, 2.24) is 14.9 Å². The average molecular weight is 277 g/mol. The molecule has 0 aliphatic carbocycles. The minimum Gasteiger partial charge on any atom is -0.370 e. The van der Waals surface area contributed by atoms with E-state index in [9.17, 15) is 0 Å². The summed E-state index contributed by atoms with van der Waals surface area (Å²) in [6.07, 6.45) is 0. The number of aromatic nitrogens is 2. The SMILES string of the molecule is CCNc1nc(C(C)C)nc(N2CCN(C)CC2)c1C. The van der Waals surface area contributed by atoms with Crippen LogP contribution in [0.5, 0.6) is 0 Å². The zero-order chi connectivity index (χ0) is 14.7. The van der Waals surface area contributed by atoms with Crippen LogP contribution in [-0.4, -0.2) is 54.6 Å². The summed E-state index contributed by atoms with van der Waals surface area (Å²) in [5.41, 5.74) is 1.17. The number of piperazine rings is 1. The third-order valence-corrected chi connectivity index (χ3v) is 3.80. The molecule has 0 atom stereocenters. The first-order valence-corrected chi connectivity index (χ1v) is 7.58. The Bertz CT molecular complexity index is 450. The van der Waals surface area contributed by atoms with Crippen LogP contribution < -0.4 is 10.2 Å². The molecule has 5 nitrogen and oxygen atoms in total. The summed E-state index contributed by atoms with van der Waals surface area (Å²) >= 11 is 0. The lowest BCUT2D eigenvalue weighted by Crippen LogP contribution is -2.45. The first-order chi connectivity index (χ1) is 9.52. The summed E-state index contributed by atoms with van der Waals surface area (Å²) < 4.78 is 0. The van der Waals surface area contributed by atoms with E-state index >= 15 is 0 Å². The lowest BCUT2D eigenvalue weighted by atomic mass is 10.2. The van der Waals surface area contributed by atoms with Crippen LogP contribution in [-0.2, 0) is 0 Å². The number of nitrogens with one attached hydrogen (secondary N) is 1. The van der Waals surface area contributed by atoms with Gasteiger partial charge in [-0.2, -0.15) is 0 Å². The maximum Gasteiger partial charge on any atom is 0.137 e. The number of hydrogen-bond acceptors (Lipinski definition) is 5. The Morgan fingerprint density at radius 3 is 2.35 bits per heavy atom. The van der Waals surface area contributed by atoms with Crippen LogP contribution in [0.1, 0.15) is 38.1 Å². The van der Waals surface area contributed by atoms with E-state index in [1.54, 1.807) is 0 Å². The van der Waals surface area contributed by atoms with Crippen molar-refractivity contribution in [2.45, 2.75) is 33.6 Å². The van der Waals surface area contributed by atoms with Crippen LogP contribution in [0.15, 0.2) is 0 Å². The summed E-state index contributed by atoms with van der Waals surface area (Å²) in [6, 6.07) is 0. The second-order valence-electron chi connectivity index (χ2n) is 5.85. The molecule has 2 heterocycles. The van der Waals surface area contributed by atoms with Gasteiger partial charge in [-0.05, 0) is 20.9 Å². The Morgan fingerprint density at radius 1 is 1.15 bits per heavy atom. The van der Waals surface area contributed by atoms with Crippen LogP contribution >= 0.6 is 0 Å². The van der Waals surface area contributed by atoms with Crippen LogP contribution in [0.25, 0.3) is 0 Å². The fourth-order valence-electron chi connectivity index (χ4n) is 2.45. The lowest BCUT2D eigenvalue weighted by molar-refractivity contribution is 0.311. The molecule has 1 aliphatic rings. The molecule has 1 N–H and O–H groups in total. The van der Waals surface area contributed by atoms with Gasteiger partial charge in [0.05, 0.1) is 0 Å². The maximum atomic E-state index is 4.82. The Kier molecular flexibility index (Phi) is 4.81. The van der Waals surface area contributed by atoms with Crippen LogP contribution in [0.3, 0.4) is 0 Å². The third kappa shape index (κ3) is 3.20. The largest absolute Gasteiger partial charge is 0.370 e. The molecule has 0 saturated carbocycles. The highest BCUT2D eigenvalue weighted by Gasteiger charge is 2.20. The number of anilines is 2. The second-order valence-corrected chi connectivity index (χ2v) is 5.85. The normalized spacial score (nSPS) is 16.8. The Labute approximate surface area is 122 Å². The van der Waals surface area contributed by atoms with E-state index in [-0.39, 0.29) is 0 Å². The summed E-state index contributed by atoms with van der Waals surface area (Å²) in [4.78, 5) is 14.2. The first kappa shape index (κ1) is 15.0. The van der Waals surface area contributed by atoms with Crippen molar-refractivity contribution in [1.29, 1.82) is 0 Å². The molecule has 1 aliphatic heterocycles. The minimum atomic E-state index is 0.347. The number of hydrogen-bond donors (Lipinski definition) is 1. The zero-order valence-corrected chi connectivity index (χ0v) is 13.4. The molecule has 1 aromatic rings. The fraction of sp³-hybridized carbons (Fsp3) is 0.733. The number of nitrogens with zero attached hydrogens (tertiary/aromatic N) is 4. The van der Waals surface area contributed by atoms with Gasteiger partial charge in [-0.3, -0.25) is 0 Å². The second kappa shape index (κ2) is 6.39. The van der Waals surface area contributed by atoms with E-state index in [1.807, 2.05) is 0 Å². The molecule has 1 aromatic heterocycles. The summed E-state index contributed by atoms with van der Waals surface area (Å²) in [7, 11) is 2.17. The van der Waals surface area contributed by atoms with E-state index in [4.69, 9.17) is 4.98 Å². The molecule has 0 radical (unpaired) electrons. The van der Waals surface area contributed by atoms with Gasteiger partial charge in [-0.15, -0.1) is 0 Å². The number of likely N-dealkylation sites (N-methyl/N-ethyl adjacent to an activating group) is 1. The first-order valence-electron chi connectivity index (χ1n) is 7.58. The fourth-order valence-corrected chi connectivity index (χ4v) is 2.45. The van der Waals surface area contributed by atoms with E-state index < -0.39 is 0 Å². The van der Waals surface area contributed by atoms with E-state index in [0.29, 0.717) is 5.92 Å². The van der Waals surface area contributed by atoms with Gasteiger partial charge in [0.2, 0.25) is 0 Å². The minimum absolute atomic E-state index is 0.347. The highest BCUT2D eigenvalue weighted by molar-refractivity contribution is 5.59. The quantitative estimate of drug-likeness (QED) is 0.913. The molecule has 0 bridgehead atoms. The van der Waals surface area contributed by atoms with Crippen molar-refractivity contribution >= 4 is 11.6 Å². The summed E-state index contributed by atoms with van der Waals surface area (Å²) in [5, 5.41) is 3.37. The van der Waals surface area contributed by atoms with Gasteiger partial charge in [0.15, 0.2) is 0 Å². The van der Waals surface area contributed by atoms with E-state index in [0.717, 1.165) is 50.2 Å². The molecule has 112 valence electrons. The van der Waals surface area contributed by atoms with Gasteiger partial charge in [0.1, 0.15) is 17.5 Å². The van der Waals surface area contributed by atoms with E-state index in [1.165, 1.54) is 5.56 Å². The summed E-state index contributed by atoms with van der Waals surface area (Å²) in [6.45, 7) is 13.7. The number of rotatable bonds is 4. The topological polar surface area (TPSA) is 44.3 Å². The lowest BCUT2D eigenvalue weighted by Gasteiger charge is -2.34. The molecule has 2 rings (SSSR count). The Morgan fingerprint density at radius 2 is 1.80 bits per heavy atom. The Balaban J connectivity index is 2.34. The van der Waals surface area contributed by atoms with Gasteiger partial charge in [-0.25, -0.2) is 9.97 Å². The summed E-state index contributed by atoms with van der Waals surface area (Å²) in [5.74, 6) is 3.37. The molecule has 0 spiro atoms. The van der Waals surface area contributed by atoms with Crippen LogP contribution in [0, 0.1) is 6.92 Å². The van der Waals surface area contributed by atoms with Crippen molar-refractivity contribution in [2.24, 2.45) is 0 Å². The van der Waals surface area contributed by atoms with Crippen molar-refractivity contribution in [3.05, 3.63) is 11.4 Å². The Hall–Kier alpha value is -1.36. The third-order valence-electron chi connectivity index (χ3n) is 3.80. The molecular formula is C15H27N5. The molecule has 1 saturated heterocycles. The molecule has 0 unspecified atom stereocenters. The van der Waals surface area contributed by atoms with E-state index in [2.05, 4.69) is 54.8 Å². The molecule has 0 amide bonds. The van der Waals surface area contributed by atoms with Gasteiger partial charge in [0, 0.05) is 44.2 Å². The van der Waals surface area contributed by atoms with Crippen molar-refractivity contribution < 1.29 is 0 Å². The molecule has 0 aromatic carbocycles. The van der Waals surface area contributed by atoms with Crippen molar-refractivity contribution in [2.75, 3.05) is 50.0 Å². The van der Waals surface area contributed by atoms with Crippen LogP contribution in [0.4, 0.5) is 11.6 Å². The standard InChI is InChI=1S/C15H27N5/c1-6-16-14-12(4)15(18-13(17-14)11(2)3)20-9-7-19(5)8-10-20/h11H,6-10H2,1-5H3,(H,16,17,18). The highest BCUT2D eigenvalue weighted by Crippen LogP contribution is 2.26.